The molecule has 1 unspecified atom stereocenters. The Morgan fingerprint density at radius 2 is 1.79 bits per heavy atom. The third-order valence-corrected chi connectivity index (χ3v) is 3.99. The number of hydrogen-bond donors (Lipinski definition) is 1. The average molecular weight is 391 g/mol. The largest absolute Gasteiger partial charge is 0.324 e. The van der Waals surface area contributed by atoms with Crippen LogP contribution < -0.4 is 5.73 Å². The number of halogens is 4. The summed E-state index contributed by atoms with van der Waals surface area (Å²) in [5, 5.41) is 0. The zero-order chi connectivity index (χ0) is 14.0. The molecule has 0 saturated carbocycles. The van der Waals surface area contributed by atoms with Gasteiger partial charge in [-0.3, -0.25) is 0 Å². The van der Waals surface area contributed by atoms with Crippen molar-refractivity contribution in [3.63, 3.8) is 0 Å². The highest BCUT2D eigenvalue weighted by atomic mass is 79.9. The molecule has 0 radical (unpaired) electrons. The summed E-state index contributed by atoms with van der Waals surface area (Å²) in [4.78, 5) is 0. The van der Waals surface area contributed by atoms with Crippen LogP contribution in [0.5, 0.6) is 0 Å². The Hall–Kier alpha value is -0.780. The number of hydrogen-bond acceptors (Lipinski definition) is 1. The monoisotopic (exact) mass is 389 g/mol. The van der Waals surface area contributed by atoms with Crippen LogP contribution in [0, 0.1) is 11.6 Å². The zero-order valence-corrected chi connectivity index (χ0v) is 13.0. The van der Waals surface area contributed by atoms with Crippen molar-refractivity contribution < 1.29 is 8.78 Å². The minimum atomic E-state index is -0.460. The van der Waals surface area contributed by atoms with Gasteiger partial charge in [0.2, 0.25) is 0 Å². The van der Waals surface area contributed by atoms with Gasteiger partial charge < -0.3 is 5.73 Å². The molecule has 2 N–H and O–H groups in total. The van der Waals surface area contributed by atoms with Crippen molar-refractivity contribution in [3.05, 3.63) is 68.1 Å². The summed E-state index contributed by atoms with van der Waals surface area (Å²) in [6, 6.07) is 8.59. The molecule has 1 nitrogen and oxygen atoms in total. The maximum absolute atomic E-state index is 13.6. The van der Waals surface area contributed by atoms with Gasteiger partial charge in [0.25, 0.3) is 0 Å². The molecule has 0 bridgehead atoms. The SMILES string of the molecule is NC(Cc1cc(F)ccc1F)c1ccc(Br)cc1Br. The lowest BCUT2D eigenvalue weighted by atomic mass is 9.99. The van der Waals surface area contributed by atoms with E-state index < -0.39 is 17.7 Å². The van der Waals surface area contributed by atoms with Crippen LogP contribution >= 0.6 is 31.9 Å². The van der Waals surface area contributed by atoms with Gasteiger partial charge >= 0.3 is 0 Å². The summed E-state index contributed by atoms with van der Waals surface area (Å²) in [5.74, 6) is -0.899. The summed E-state index contributed by atoms with van der Waals surface area (Å²) in [7, 11) is 0. The minimum absolute atomic E-state index is 0.240. The van der Waals surface area contributed by atoms with Gasteiger partial charge in [0.05, 0.1) is 0 Å². The van der Waals surface area contributed by atoms with Gasteiger partial charge in [-0.15, -0.1) is 0 Å². The molecule has 2 aromatic carbocycles. The third kappa shape index (κ3) is 3.61. The number of rotatable bonds is 3. The van der Waals surface area contributed by atoms with Gasteiger partial charge in [0, 0.05) is 15.0 Å². The molecule has 0 aromatic heterocycles. The molecule has 0 spiro atoms. The molecule has 19 heavy (non-hydrogen) atoms. The topological polar surface area (TPSA) is 26.0 Å². The summed E-state index contributed by atoms with van der Waals surface area (Å²) in [6.45, 7) is 0. The van der Waals surface area contributed by atoms with Gasteiger partial charge in [-0.1, -0.05) is 37.9 Å². The predicted octanol–water partition coefficient (Wildman–Crippen LogP) is 4.73. The third-order valence-electron chi connectivity index (χ3n) is 2.81. The zero-order valence-electron chi connectivity index (χ0n) is 9.84. The number of benzene rings is 2. The van der Waals surface area contributed by atoms with Crippen LogP contribution in [0.2, 0.25) is 0 Å². The second-order valence-corrected chi connectivity index (χ2v) is 5.98. The summed E-state index contributed by atoms with van der Waals surface area (Å²) in [6.07, 6.45) is 0.240. The lowest BCUT2D eigenvalue weighted by Crippen LogP contribution is -2.15. The second kappa shape index (κ2) is 6.11. The molecule has 0 aliphatic heterocycles. The van der Waals surface area contributed by atoms with Crippen molar-refractivity contribution in [2.75, 3.05) is 0 Å². The Morgan fingerprint density at radius 1 is 1.05 bits per heavy atom. The molecule has 1 atom stereocenters. The quantitative estimate of drug-likeness (QED) is 0.805. The molecule has 2 rings (SSSR count). The molecular formula is C14H11Br2F2N. The van der Waals surface area contributed by atoms with Gasteiger partial charge in [-0.2, -0.15) is 0 Å². The highest BCUT2D eigenvalue weighted by molar-refractivity contribution is 9.11. The predicted molar refractivity (Wildman–Crippen MR) is 78.8 cm³/mol. The maximum atomic E-state index is 13.6. The Labute approximate surface area is 127 Å². The van der Waals surface area contributed by atoms with Gasteiger partial charge in [0.1, 0.15) is 11.6 Å². The molecule has 0 saturated heterocycles. The first-order valence-corrected chi connectivity index (χ1v) is 7.20. The van der Waals surface area contributed by atoms with Gasteiger partial charge in [0.15, 0.2) is 0 Å². The molecule has 5 heteroatoms. The molecule has 0 heterocycles. The van der Waals surface area contributed by atoms with Crippen molar-refractivity contribution in [2.45, 2.75) is 12.5 Å². The molecule has 0 amide bonds. The second-order valence-electron chi connectivity index (χ2n) is 4.21. The first-order chi connectivity index (χ1) is 8.97. The molecule has 0 aliphatic rings. The van der Waals surface area contributed by atoms with E-state index in [9.17, 15) is 8.78 Å². The Bertz CT molecular complexity index is 602. The Morgan fingerprint density at radius 3 is 2.47 bits per heavy atom. The van der Waals surface area contributed by atoms with Crippen LogP contribution in [0.15, 0.2) is 45.3 Å². The maximum Gasteiger partial charge on any atom is 0.126 e. The van der Waals surface area contributed by atoms with Crippen LogP contribution in [0.1, 0.15) is 17.2 Å². The van der Waals surface area contributed by atoms with E-state index in [4.69, 9.17) is 5.73 Å². The molecule has 100 valence electrons. The lowest BCUT2D eigenvalue weighted by Gasteiger charge is -2.15. The van der Waals surface area contributed by atoms with E-state index >= 15 is 0 Å². The van der Waals surface area contributed by atoms with Crippen LogP contribution in [0.3, 0.4) is 0 Å². The smallest absolute Gasteiger partial charge is 0.126 e. The van der Waals surface area contributed by atoms with Crippen LogP contribution in [0.4, 0.5) is 8.78 Å². The fourth-order valence-electron chi connectivity index (χ4n) is 1.85. The normalized spacial score (nSPS) is 12.5. The van der Waals surface area contributed by atoms with E-state index in [2.05, 4.69) is 31.9 Å². The fourth-order valence-corrected chi connectivity index (χ4v) is 3.19. The minimum Gasteiger partial charge on any atom is -0.324 e. The summed E-state index contributed by atoms with van der Waals surface area (Å²) >= 11 is 6.77. The van der Waals surface area contributed by atoms with Crippen LogP contribution in [-0.4, -0.2) is 0 Å². The summed E-state index contributed by atoms with van der Waals surface area (Å²) < 4.78 is 28.4. The van der Waals surface area contributed by atoms with Crippen molar-refractivity contribution in [1.29, 1.82) is 0 Å². The fraction of sp³-hybridized carbons (Fsp3) is 0.143. The van der Waals surface area contributed by atoms with Crippen molar-refractivity contribution >= 4 is 31.9 Å². The van der Waals surface area contributed by atoms with E-state index in [1.165, 1.54) is 6.07 Å². The van der Waals surface area contributed by atoms with E-state index in [1.807, 2.05) is 18.2 Å². The van der Waals surface area contributed by atoms with Crippen molar-refractivity contribution in [1.82, 2.24) is 0 Å². The van der Waals surface area contributed by atoms with E-state index in [1.54, 1.807) is 0 Å². The standard InChI is InChI=1S/C14H11Br2F2N/c15-9-1-3-11(12(16)7-9)14(19)6-8-5-10(17)2-4-13(8)18/h1-5,7,14H,6,19H2. The van der Waals surface area contributed by atoms with E-state index in [-0.39, 0.29) is 12.0 Å². The highest BCUT2D eigenvalue weighted by Crippen LogP contribution is 2.28. The molecular weight excluding hydrogens is 380 g/mol. The Balaban J connectivity index is 2.25. The van der Waals surface area contributed by atoms with Gasteiger partial charge in [-0.25, -0.2) is 8.78 Å². The Kier molecular flexibility index (Phi) is 4.71. The van der Waals surface area contributed by atoms with Crippen LogP contribution in [0.25, 0.3) is 0 Å². The van der Waals surface area contributed by atoms with Crippen molar-refractivity contribution in [2.24, 2.45) is 5.73 Å². The lowest BCUT2D eigenvalue weighted by molar-refractivity contribution is 0.572. The molecule has 2 aromatic rings. The molecule has 0 aliphatic carbocycles. The van der Waals surface area contributed by atoms with E-state index in [0.717, 1.165) is 26.6 Å². The van der Waals surface area contributed by atoms with Gasteiger partial charge in [-0.05, 0) is 47.9 Å². The van der Waals surface area contributed by atoms with E-state index in [0.29, 0.717) is 0 Å². The first-order valence-electron chi connectivity index (χ1n) is 5.62. The highest BCUT2D eigenvalue weighted by Gasteiger charge is 2.14. The number of nitrogens with two attached hydrogens (primary N) is 1. The van der Waals surface area contributed by atoms with Crippen molar-refractivity contribution in [3.8, 4) is 0 Å². The summed E-state index contributed by atoms with van der Waals surface area (Å²) in [5.41, 5.74) is 7.20. The first kappa shape index (κ1) is 14.6. The average Bonchev–Trinajstić information content (AvgIpc) is 2.33. The molecule has 0 fully saturated rings. The van der Waals surface area contributed by atoms with Crippen LogP contribution in [-0.2, 0) is 6.42 Å².